The van der Waals surface area contributed by atoms with Gasteiger partial charge in [-0.1, -0.05) is 38.3 Å². The smallest absolute Gasteiger partial charge is 0.0932 e. The lowest BCUT2D eigenvalue weighted by molar-refractivity contribution is 0.165. The second kappa shape index (κ2) is 5.74. The molecule has 1 rings (SSSR count). The van der Waals surface area contributed by atoms with Crippen molar-refractivity contribution in [1.29, 1.82) is 0 Å². The summed E-state index contributed by atoms with van der Waals surface area (Å²) in [6.45, 7) is 4.41. The molecule has 0 aliphatic heterocycles. The number of hydrogen-bond acceptors (Lipinski definition) is 2. The number of rotatable bonds is 5. The quantitative estimate of drug-likeness (QED) is 0.804. The lowest BCUT2D eigenvalue weighted by Crippen LogP contribution is -1.96. The van der Waals surface area contributed by atoms with E-state index in [2.05, 4.69) is 13.8 Å². The van der Waals surface area contributed by atoms with Gasteiger partial charge in [-0.15, -0.1) is 11.3 Å². The zero-order valence-corrected chi connectivity index (χ0v) is 10.2. The summed E-state index contributed by atoms with van der Waals surface area (Å²) >= 11 is 7.27. The molecule has 0 radical (unpaired) electrons. The molecule has 1 aromatic rings. The van der Waals surface area contributed by atoms with Crippen LogP contribution < -0.4 is 0 Å². The standard InChI is InChI=1S/C11H17ClOS/c1-8(2)4-3-5-9(13)10-6-7-11(12)14-10/h6-9,13H,3-5H2,1-2H3. The van der Waals surface area contributed by atoms with E-state index < -0.39 is 0 Å². The topological polar surface area (TPSA) is 20.2 Å². The molecule has 80 valence electrons. The molecular weight excluding hydrogens is 216 g/mol. The van der Waals surface area contributed by atoms with Crippen molar-refractivity contribution in [1.82, 2.24) is 0 Å². The van der Waals surface area contributed by atoms with Crippen molar-refractivity contribution < 1.29 is 5.11 Å². The molecule has 0 fully saturated rings. The third-order valence-electron chi connectivity index (χ3n) is 2.18. The molecule has 3 heteroatoms. The minimum atomic E-state index is -0.328. The molecule has 0 amide bonds. The maximum atomic E-state index is 9.80. The van der Waals surface area contributed by atoms with Crippen molar-refractivity contribution in [3.05, 3.63) is 21.3 Å². The van der Waals surface area contributed by atoms with Crippen LogP contribution in [0.5, 0.6) is 0 Å². The molecule has 1 unspecified atom stereocenters. The van der Waals surface area contributed by atoms with Crippen molar-refractivity contribution in [3.63, 3.8) is 0 Å². The zero-order chi connectivity index (χ0) is 10.6. The van der Waals surface area contributed by atoms with Gasteiger partial charge in [-0.05, 0) is 24.5 Å². The van der Waals surface area contributed by atoms with E-state index in [9.17, 15) is 5.11 Å². The predicted molar refractivity (Wildman–Crippen MR) is 63.0 cm³/mol. The Morgan fingerprint density at radius 2 is 2.07 bits per heavy atom. The Morgan fingerprint density at radius 1 is 1.36 bits per heavy atom. The van der Waals surface area contributed by atoms with Crippen LogP contribution in [0.15, 0.2) is 12.1 Å². The van der Waals surface area contributed by atoms with Crippen LogP contribution in [0.1, 0.15) is 44.1 Å². The van der Waals surface area contributed by atoms with Gasteiger partial charge in [-0.3, -0.25) is 0 Å². The molecule has 0 saturated carbocycles. The van der Waals surface area contributed by atoms with E-state index in [0.29, 0.717) is 5.92 Å². The number of aliphatic hydroxyl groups is 1. The predicted octanol–water partition coefficient (Wildman–Crippen LogP) is 4.26. The van der Waals surface area contributed by atoms with E-state index in [1.807, 2.05) is 12.1 Å². The minimum Gasteiger partial charge on any atom is -0.388 e. The second-order valence-corrected chi connectivity index (χ2v) is 5.73. The highest BCUT2D eigenvalue weighted by Crippen LogP contribution is 2.29. The molecule has 14 heavy (non-hydrogen) atoms. The molecule has 1 nitrogen and oxygen atoms in total. The molecule has 1 N–H and O–H groups in total. The molecule has 0 aliphatic rings. The molecule has 1 heterocycles. The van der Waals surface area contributed by atoms with Gasteiger partial charge in [0.1, 0.15) is 0 Å². The van der Waals surface area contributed by atoms with Crippen LogP contribution in [0.2, 0.25) is 4.34 Å². The molecule has 1 aromatic heterocycles. The monoisotopic (exact) mass is 232 g/mol. The summed E-state index contributed by atoms with van der Waals surface area (Å²) in [6.07, 6.45) is 2.77. The fourth-order valence-corrected chi connectivity index (χ4v) is 2.45. The first-order chi connectivity index (χ1) is 6.59. The number of halogens is 1. The van der Waals surface area contributed by atoms with Crippen molar-refractivity contribution >= 4 is 22.9 Å². The molecule has 1 atom stereocenters. The van der Waals surface area contributed by atoms with Gasteiger partial charge in [0.2, 0.25) is 0 Å². The Balaban J connectivity index is 2.32. The van der Waals surface area contributed by atoms with Crippen LogP contribution in [0.3, 0.4) is 0 Å². The molecular formula is C11H17ClOS. The van der Waals surface area contributed by atoms with Gasteiger partial charge in [-0.25, -0.2) is 0 Å². The fourth-order valence-electron chi connectivity index (χ4n) is 1.37. The van der Waals surface area contributed by atoms with Gasteiger partial charge in [-0.2, -0.15) is 0 Å². The van der Waals surface area contributed by atoms with Crippen molar-refractivity contribution in [2.24, 2.45) is 5.92 Å². The Bertz CT molecular complexity index is 270. The van der Waals surface area contributed by atoms with Gasteiger partial charge >= 0.3 is 0 Å². The lowest BCUT2D eigenvalue weighted by atomic mass is 10.0. The maximum absolute atomic E-state index is 9.80. The van der Waals surface area contributed by atoms with Crippen molar-refractivity contribution in [2.45, 2.75) is 39.2 Å². The van der Waals surface area contributed by atoms with Crippen LogP contribution in [-0.2, 0) is 0 Å². The summed E-state index contributed by atoms with van der Waals surface area (Å²) in [7, 11) is 0. The molecule has 0 spiro atoms. The summed E-state index contributed by atoms with van der Waals surface area (Å²) in [5.74, 6) is 0.717. The Labute approximate surface area is 94.7 Å². The fraction of sp³-hybridized carbons (Fsp3) is 0.636. The van der Waals surface area contributed by atoms with E-state index >= 15 is 0 Å². The highest BCUT2D eigenvalue weighted by molar-refractivity contribution is 7.16. The van der Waals surface area contributed by atoms with Gasteiger partial charge in [0.25, 0.3) is 0 Å². The second-order valence-electron chi connectivity index (χ2n) is 3.98. The lowest BCUT2D eigenvalue weighted by Gasteiger charge is -2.09. The maximum Gasteiger partial charge on any atom is 0.0932 e. The summed E-state index contributed by atoms with van der Waals surface area (Å²) < 4.78 is 0.753. The molecule has 0 aliphatic carbocycles. The van der Waals surface area contributed by atoms with Crippen molar-refractivity contribution in [2.75, 3.05) is 0 Å². The first kappa shape index (κ1) is 12.0. The van der Waals surface area contributed by atoms with Gasteiger partial charge in [0.15, 0.2) is 0 Å². The van der Waals surface area contributed by atoms with Crippen LogP contribution in [-0.4, -0.2) is 5.11 Å². The molecule has 0 aromatic carbocycles. The van der Waals surface area contributed by atoms with Crippen LogP contribution in [0, 0.1) is 5.92 Å². The normalized spacial score (nSPS) is 13.5. The van der Waals surface area contributed by atoms with Gasteiger partial charge in [0, 0.05) is 4.88 Å². The number of thiophene rings is 1. The Hall–Kier alpha value is -0.0500. The van der Waals surface area contributed by atoms with E-state index in [1.54, 1.807) is 0 Å². The average Bonchev–Trinajstić information content (AvgIpc) is 2.51. The van der Waals surface area contributed by atoms with Crippen LogP contribution in [0.25, 0.3) is 0 Å². The van der Waals surface area contributed by atoms with Gasteiger partial charge < -0.3 is 5.11 Å². The summed E-state index contributed by atoms with van der Waals surface area (Å²) in [4.78, 5) is 0.985. The van der Waals surface area contributed by atoms with Crippen LogP contribution in [0.4, 0.5) is 0 Å². The Morgan fingerprint density at radius 3 is 2.57 bits per heavy atom. The number of hydrogen-bond donors (Lipinski definition) is 1. The third kappa shape index (κ3) is 3.99. The van der Waals surface area contributed by atoms with E-state index in [4.69, 9.17) is 11.6 Å². The van der Waals surface area contributed by atoms with E-state index in [0.717, 1.165) is 22.1 Å². The molecule has 0 bridgehead atoms. The Kier molecular flexibility index (Phi) is 4.93. The SMILES string of the molecule is CC(C)CCCC(O)c1ccc(Cl)s1. The highest BCUT2D eigenvalue weighted by atomic mass is 35.5. The average molecular weight is 233 g/mol. The van der Waals surface area contributed by atoms with Crippen molar-refractivity contribution in [3.8, 4) is 0 Å². The third-order valence-corrected chi connectivity index (χ3v) is 3.51. The minimum absolute atomic E-state index is 0.328. The van der Waals surface area contributed by atoms with Gasteiger partial charge in [0.05, 0.1) is 10.4 Å². The molecule has 0 saturated heterocycles. The summed E-state index contributed by atoms with van der Waals surface area (Å²) in [5, 5.41) is 9.80. The largest absolute Gasteiger partial charge is 0.388 e. The zero-order valence-electron chi connectivity index (χ0n) is 8.66. The van der Waals surface area contributed by atoms with Crippen LogP contribution >= 0.6 is 22.9 Å². The van der Waals surface area contributed by atoms with E-state index in [-0.39, 0.29) is 6.10 Å². The van der Waals surface area contributed by atoms with E-state index in [1.165, 1.54) is 17.8 Å². The highest BCUT2D eigenvalue weighted by Gasteiger charge is 2.09. The number of aliphatic hydroxyl groups excluding tert-OH is 1. The first-order valence-electron chi connectivity index (χ1n) is 5.03. The summed E-state index contributed by atoms with van der Waals surface area (Å²) in [5.41, 5.74) is 0. The first-order valence-corrected chi connectivity index (χ1v) is 6.22. The summed E-state index contributed by atoms with van der Waals surface area (Å²) in [6, 6.07) is 3.75.